The molecule has 2 saturated heterocycles. The predicted molar refractivity (Wildman–Crippen MR) is 71.6 cm³/mol. The Morgan fingerprint density at radius 2 is 2.05 bits per heavy atom. The number of hydrogen-bond donors (Lipinski definition) is 1. The van der Waals surface area contributed by atoms with Gasteiger partial charge < -0.3 is 15.0 Å². The fraction of sp³-hybridized carbons (Fsp3) is 0.857. The van der Waals surface area contributed by atoms with Gasteiger partial charge in [-0.15, -0.1) is 0 Å². The van der Waals surface area contributed by atoms with E-state index in [2.05, 4.69) is 5.32 Å². The number of carbonyl (C=O) groups is 2. The van der Waals surface area contributed by atoms with Crippen LogP contribution in [0, 0.1) is 0 Å². The number of rotatable bonds is 4. The molecule has 2 aliphatic rings. The fourth-order valence-electron chi connectivity index (χ4n) is 3.17. The summed E-state index contributed by atoms with van der Waals surface area (Å²) in [5, 5.41) is 2.81. The van der Waals surface area contributed by atoms with Crippen LogP contribution in [0.3, 0.4) is 0 Å². The van der Waals surface area contributed by atoms with Crippen LogP contribution in [0.1, 0.15) is 46.5 Å². The highest BCUT2D eigenvalue weighted by molar-refractivity contribution is 5.99. The van der Waals surface area contributed by atoms with Crippen LogP contribution in [0.15, 0.2) is 0 Å². The summed E-state index contributed by atoms with van der Waals surface area (Å²) in [5.41, 5.74) is -0.699. The molecule has 0 radical (unpaired) electrons. The van der Waals surface area contributed by atoms with E-state index in [9.17, 15) is 9.59 Å². The van der Waals surface area contributed by atoms with Crippen LogP contribution in [-0.2, 0) is 14.3 Å². The SMILES string of the molecule is CCC1(CC)C(=O)NC(C)C(=O)N1CC1CCCO1. The number of nitrogens with zero attached hydrogens (tertiary/aromatic N) is 1. The molecule has 0 aliphatic carbocycles. The van der Waals surface area contributed by atoms with Gasteiger partial charge in [0.05, 0.1) is 6.10 Å². The van der Waals surface area contributed by atoms with E-state index < -0.39 is 11.6 Å². The first-order chi connectivity index (χ1) is 9.05. The monoisotopic (exact) mass is 268 g/mol. The minimum atomic E-state index is -0.699. The average Bonchev–Trinajstić information content (AvgIpc) is 2.90. The number of hydrogen-bond acceptors (Lipinski definition) is 3. The highest BCUT2D eigenvalue weighted by Gasteiger charge is 2.49. The van der Waals surface area contributed by atoms with Gasteiger partial charge in [0.2, 0.25) is 11.8 Å². The second kappa shape index (κ2) is 5.49. The summed E-state index contributed by atoms with van der Waals surface area (Å²) in [4.78, 5) is 26.6. The number of piperazine rings is 1. The number of amides is 2. The molecule has 1 N–H and O–H groups in total. The van der Waals surface area contributed by atoms with Gasteiger partial charge in [-0.2, -0.15) is 0 Å². The Kier molecular flexibility index (Phi) is 4.13. The van der Waals surface area contributed by atoms with E-state index in [0.717, 1.165) is 19.4 Å². The van der Waals surface area contributed by atoms with Crippen LogP contribution in [0.5, 0.6) is 0 Å². The van der Waals surface area contributed by atoms with Gasteiger partial charge >= 0.3 is 0 Å². The van der Waals surface area contributed by atoms with Crippen LogP contribution in [0.25, 0.3) is 0 Å². The van der Waals surface area contributed by atoms with Crippen molar-refractivity contribution in [2.45, 2.75) is 64.1 Å². The molecule has 0 saturated carbocycles. The van der Waals surface area contributed by atoms with Crippen molar-refractivity contribution in [2.24, 2.45) is 0 Å². The number of nitrogens with one attached hydrogen (secondary N) is 1. The lowest BCUT2D eigenvalue weighted by molar-refractivity contribution is -0.159. The minimum Gasteiger partial charge on any atom is -0.376 e. The van der Waals surface area contributed by atoms with Crippen molar-refractivity contribution in [1.82, 2.24) is 10.2 Å². The van der Waals surface area contributed by atoms with Gasteiger partial charge in [0.25, 0.3) is 0 Å². The molecular weight excluding hydrogens is 244 g/mol. The predicted octanol–water partition coefficient (Wildman–Crippen LogP) is 1.07. The van der Waals surface area contributed by atoms with Crippen molar-refractivity contribution in [3.8, 4) is 0 Å². The van der Waals surface area contributed by atoms with Crippen molar-refractivity contribution >= 4 is 11.8 Å². The van der Waals surface area contributed by atoms with Gasteiger partial charge in [-0.3, -0.25) is 9.59 Å². The van der Waals surface area contributed by atoms with Crippen molar-refractivity contribution < 1.29 is 14.3 Å². The summed E-state index contributed by atoms with van der Waals surface area (Å²) >= 11 is 0. The quantitative estimate of drug-likeness (QED) is 0.829. The first-order valence-electron chi connectivity index (χ1n) is 7.29. The smallest absolute Gasteiger partial charge is 0.246 e. The Morgan fingerprint density at radius 1 is 1.37 bits per heavy atom. The standard InChI is InChI=1S/C14H24N2O3/c1-4-14(5-2)13(18)15-10(3)12(17)16(14)9-11-7-6-8-19-11/h10-11H,4-9H2,1-3H3,(H,15,18). The average molecular weight is 268 g/mol. The van der Waals surface area contributed by atoms with E-state index in [-0.39, 0.29) is 17.9 Å². The third-order valence-electron chi connectivity index (χ3n) is 4.50. The summed E-state index contributed by atoms with van der Waals surface area (Å²) in [6, 6.07) is -0.430. The third-order valence-corrected chi connectivity index (χ3v) is 4.50. The van der Waals surface area contributed by atoms with E-state index in [1.54, 1.807) is 11.8 Å². The number of ether oxygens (including phenoxy) is 1. The fourth-order valence-corrected chi connectivity index (χ4v) is 3.17. The highest BCUT2D eigenvalue weighted by atomic mass is 16.5. The van der Waals surface area contributed by atoms with Gasteiger partial charge in [-0.1, -0.05) is 13.8 Å². The summed E-state index contributed by atoms with van der Waals surface area (Å²) < 4.78 is 5.63. The van der Waals surface area contributed by atoms with Gasteiger partial charge in [-0.25, -0.2) is 0 Å². The molecule has 2 amide bonds. The van der Waals surface area contributed by atoms with Gasteiger partial charge in [0, 0.05) is 13.2 Å². The molecule has 5 heteroatoms. The van der Waals surface area contributed by atoms with E-state index >= 15 is 0 Å². The Balaban J connectivity index is 2.25. The molecular formula is C14H24N2O3. The van der Waals surface area contributed by atoms with Gasteiger partial charge in [-0.05, 0) is 32.6 Å². The molecule has 2 atom stereocenters. The molecule has 2 fully saturated rings. The largest absolute Gasteiger partial charge is 0.376 e. The molecule has 2 aliphatic heterocycles. The number of carbonyl (C=O) groups excluding carboxylic acids is 2. The molecule has 19 heavy (non-hydrogen) atoms. The van der Waals surface area contributed by atoms with E-state index in [1.807, 2.05) is 13.8 Å². The normalized spacial score (nSPS) is 30.6. The minimum absolute atomic E-state index is 0.0128. The lowest BCUT2D eigenvalue weighted by Crippen LogP contribution is -2.70. The van der Waals surface area contributed by atoms with E-state index in [0.29, 0.717) is 19.4 Å². The Labute approximate surface area is 114 Å². The summed E-state index contributed by atoms with van der Waals surface area (Å²) in [7, 11) is 0. The lowest BCUT2D eigenvalue weighted by atomic mass is 9.85. The second-order valence-corrected chi connectivity index (χ2v) is 5.52. The zero-order chi connectivity index (χ0) is 14.0. The summed E-state index contributed by atoms with van der Waals surface area (Å²) in [6.07, 6.45) is 3.38. The zero-order valence-corrected chi connectivity index (χ0v) is 12.1. The Bertz CT molecular complexity index is 360. The van der Waals surface area contributed by atoms with Crippen molar-refractivity contribution in [3.05, 3.63) is 0 Å². The zero-order valence-electron chi connectivity index (χ0n) is 12.1. The molecule has 2 heterocycles. The molecule has 0 bridgehead atoms. The first kappa shape index (κ1) is 14.3. The lowest BCUT2D eigenvalue weighted by Gasteiger charge is -2.47. The maximum absolute atomic E-state index is 12.4. The maximum atomic E-state index is 12.4. The van der Waals surface area contributed by atoms with Crippen molar-refractivity contribution in [2.75, 3.05) is 13.2 Å². The topological polar surface area (TPSA) is 58.6 Å². The highest BCUT2D eigenvalue weighted by Crippen LogP contribution is 2.30. The van der Waals surface area contributed by atoms with Crippen LogP contribution in [0.4, 0.5) is 0 Å². The molecule has 0 aromatic rings. The molecule has 0 aromatic heterocycles. The Hall–Kier alpha value is -1.10. The summed E-state index contributed by atoms with van der Waals surface area (Å²) in [6.45, 7) is 6.99. The summed E-state index contributed by atoms with van der Waals surface area (Å²) in [5.74, 6) is -0.0126. The first-order valence-corrected chi connectivity index (χ1v) is 7.29. The van der Waals surface area contributed by atoms with Crippen molar-refractivity contribution in [1.29, 1.82) is 0 Å². The third kappa shape index (κ3) is 2.36. The molecule has 108 valence electrons. The van der Waals surface area contributed by atoms with Crippen molar-refractivity contribution in [3.63, 3.8) is 0 Å². The maximum Gasteiger partial charge on any atom is 0.246 e. The van der Waals surface area contributed by atoms with E-state index in [1.165, 1.54) is 0 Å². The molecule has 2 rings (SSSR count). The molecule has 0 spiro atoms. The van der Waals surface area contributed by atoms with Crippen LogP contribution in [-0.4, -0.2) is 47.6 Å². The van der Waals surface area contributed by atoms with Crippen LogP contribution in [0.2, 0.25) is 0 Å². The Morgan fingerprint density at radius 3 is 2.58 bits per heavy atom. The van der Waals surface area contributed by atoms with Crippen LogP contribution < -0.4 is 5.32 Å². The molecule has 5 nitrogen and oxygen atoms in total. The second-order valence-electron chi connectivity index (χ2n) is 5.52. The van der Waals surface area contributed by atoms with Crippen LogP contribution >= 0.6 is 0 Å². The van der Waals surface area contributed by atoms with Gasteiger partial charge in [0.15, 0.2) is 0 Å². The van der Waals surface area contributed by atoms with E-state index in [4.69, 9.17) is 4.74 Å². The molecule has 0 aromatic carbocycles. The molecule has 2 unspecified atom stereocenters. The van der Waals surface area contributed by atoms with Gasteiger partial charge in [0.1, 0.15) is 11.6 Å².